The van der Waals surface area contributed by atoms with Crippen molar-refractivity contribution in [2.75, 3.05) is 0 Å². The van der Waals surface area contributed by atoms with E-state index in [9.17, 15) is 20.1 Å². The first kappa shape index (κ1) is 22.8. The van der Waals surface area contributed by atoms with E-state index in [-0.39, 0.29) is 6.42 Å². The van der Waals surface area contributed by atoms with Gasteiger partial charge in [-0.15, -0.1) is 0 Å². The molecule has 6 nitrogen and oxygen atoms in total. The van der Waals surface area contributed by atoms with Crippen LogP contribution in [0.15, 0.2) is 24.3 Å². The summed E-state index contributed by atoms with van der Waals surface area (Å²) in [4.78, 5) is 10.4. The fourth-order valence-corrected chi connectivity index (χ4v) is 2.96. The van der Waals surface area contributed by atoms with Crippen molar-refractivity contribution in [2.24, 2.45) is 0 Å². The number of aliphatic hydroxyl groups is 3. The maximum absolute atomic E-state index is 10.4. The van der Waals surface area contributed by atoms with Crippen LogP contribution in [0.3, 0.4) is 0 Å². The number of aliphatic hydroxyl groups excluding tert-OH is 3. The van der Waals surface area contributed by atoms with Crippen LogP contribution in [-0.4, -0.2) is 56.9 Å². The third kappa shape index (κ3) is 9.48. The van der Waals surface area contributed by atoms with Crippen LogP contribution < -0.4 is 0 Å². The first-order valence-corrected chi connectivity index (χ1v) is 9.68. The molecule has 0 aliphatic carbocycles. The third-order valence-electron chi connectivity index (χ3n) is 4.55. The Morgan fingerprint density at radius 1 is 1.23 bits per heavy atom. The Labute approximate surface area is 156 Å². The van der Waals surface area contributed by atoms with Crippen molar-refractivity contribution in [2.45, 2.75) is 95.2 Å². The number of aliphatic carboxylic acids is 1. The van der Waals surface area contributed by atoms with E-state index in [0.717, 1.165) is 19.3 Å². The van der Waals surface area contributed by atoms with Crippen molar-refractivity contribution >= 4 is 5.97 Å². The summed E-state index contributed by atoms with van der Waals surface area (Å²) in [5.41, 5.74) is 0. The molecule has 1 rings (SSSR count). The van der Waals surface area contributed by atoms with Crippen LogP contribution in [0.5, 0.6) is 0 Å². The topological polar surface area (TPSA) is 107 Å². The molecule has 4 N–H and O–H groups in total. The molecule has 1 aliphatic rings. The molecule has 150 valence electrons. The highest BCUT2D eigenvalue weighted by Crippen LogP contribution is 2.25. The van der Waals surface area contributed by atoms with Gasteiger partial charge in [0.2, 0.25) is 0 Å². The molecule has 0 aromatic rings. The lowest BCUT2D eigenvalue weighted by Gasteiger charge is -2.16. The summed E-state index contributed by atoms with van der Waals surface area (Å²) in [6.07, 6.45) is 10.2. The number of hydrogen-bond donors (Lipinski definition) is 4. The predicted octanol–water partition coefficient (Wildman–Crippen LogP) is 2.56. The van der Waals surface area contributed by atoms with Crippen molar-refractivity contribution in [3.8, 4) is 0 Å². The van der Waals surface area contributed by atoms with Gasteiger partial charge in [0.25, 0.3) is 0 Å². The number of unbranched alkanes of at least 4 members (excludes halogenated alkanes) is 3. The third-order valence-corrected chi connectivity index (χ3v) is 4.55. The minimum absolute atomic E-state index is 0.142. The number of rotatable bonds is 13. The van der Waals surface area contributed by atoms with Crippen LogP contribution in [0.2, 0.25) is 0 Å². The molecule has 0 bridgehead atoms. The molecule has 26 heavy (non-hydrogen) atoms. The summed E-state index contributed by atoms with van der Waals surface area (Å²) in [6, 6.07) is 0. The first-order valence-electron chi connectivity index (χ1n) is 9.68. The van der Waals surface area contributed by atoms with Gasteiger partial charge in [-0.05, 0) is 25.7 Å². The van der Waals surface area contributed by atoms with E-state index in [0.29, 0.717) is 32.1 Å². The van der Waals surface area contributed by atoms with Gasteiger partial charge in [0.1, 0.15) is 6.10 Å². The van der Waals surface area contributed by atoms with Crippen LogP contribution in [0.1, 0.15) is 64.7 Å². The van der Waals surface area contributed by atoms with Crippen LogP contribution in [-0.2, 0) is 9.53 Å². The maximum Gasteiger partial charge on any atom is 0.303 e. The molecule has 0 saturated carbocycles. The SMILES string of the molecule is CCCCC[C@@H](O)/C=C/[C@@H]1O[C@@H]([C@H](O)C/C=C\CCCC(=O)O)C[C@@H]1O. The van der Waals surface area contributed by atoms with Crippen molar-refractivity contribution in [3.63, 3.8) is 0 Å². The first-order chi connectivity index (χ1) is 12.4. The molecular weight excluding hydrogens is 336 g/mol. The van der Waals surface area contributed by atoms with E-state index in [1.807, 2.05) is 12.2 Å². The number of carboxylic acids is 1. The second-order valence-electron chi connectivity index (χ2n) is 6.95. The predicted molar refractivity (Wildman–Crippen MR) is 99.8 cm³/mol. The second kappa shape index (κ2) is 13.0. The quantitative estimate of drug-likeness (QED) is 0.293. The molecule has 0 unspecified atom stereocenters. The Morgan fingerprint density at radius 2 is 2.00 bits per heavy atom. The normalized spacial score (nSPS) is 25.9. The van der Waals surface area contributed by atoms with Gasteiger partial charge in [-0.1, -0.05) is 50.5 Å². The summed E-state index contributed by atoms with van der Waals surface area (Å²) >= 11 is 0. The average Bonchev–Trinajstić information content (AvgIpc) is 2.97. The number of hydrogen-bond acceptors (Lipinski definition) is 5. The fraction of sp³-hybridized carbons (Fsp3) is 0.750. The maximum atomic E-state index is 10.4. The van der Waals surface area contributed by atoms with Gasteiger partial charge in [-0.25, -0.2) is 0 Å². The van der Waals surface area contributed by atoms with Gasteiger partial charge in [0.15, 0.2) is 0 Å². The highest BCUT2D eigenvalue weighted by atomic mass is 16.5. The van der Waals surface area contributed by atoms with E-state index < -0.39 is 36.5 Å². The fourth-order valence-electron chi connectivity index (χ4n) is 2.96. The highest BCUT2D eigenvalue weighted by molar-refractivity contribution is 5.66. The second-order valence-corrected chi connectivity index (χ2v) is 6.95. The number of ether oxygens (including phenoxy) is 1. The molecule has 6 heteroatoms. The minimum Gasteiger partial charge on any atom is -0.481 e. The van der Waals surface area contributed by atoms with Gasteiger partial charge in [0, 0.05) is 12.8 Å². The summed E-state index contributed by atoms with van der Waals surface area (Å²) in [5, 5.41) is 38.7. The lowest BCUT2D eigenvalue weighted by molar-refractivity contribution is -0.137. The molecule has 0 spiro atoms. The molecular formula is C20H34O6. The molecule has 5 atom stereocenters. The minimum atomic E-state index is -0.804. The van der Waals surface area contributed by atoms with Crippen LogP contribution in [0.25, 0.3) is 0 Å². The Bertz CT molecular complexity index is 448. The van der Waals surface area contributed by atoms with E-state index >= 15 is 0 Å². The van der Waals surface area contributed by atoms with Crippen molar-refractivity contribution in [3.05, 3.63) is 24.3 Å². The monoisotopic (exact) mass is 370 g/mol. The van der Waals surface area contributed by atoms with E-state index in [1.165, 1.54) is 0 Å². The van der Waals surface area contributed by atoms with Crippen molar-refractivity contribution < 1.29 is 30.0 Å². The summed E-state index contributed by atoms with van der Waals surface area (Å²) < 4.78 is 5.71. The van der Waals surface area contributed by atoms with Crippen LogP contribution in [0, 0.1) is 0 Å². The summed E-state index contributed by atoms with van der Waals surface area (Å²) in [5.74, 6) is -0.804. The van der Waals surface area contributed by atoms with E-state index in [2.05, 4.69) is 6.92 Å². The Morgan fingerprint density at radius 3 is 2.69 bits per heavy atom. The highest BCUT2D eigenvalue weighted by Gasteiger charge is 2.35. The lowest BCUT2D eigenvalue weighted by Crippen LogP contribution is -2.25. The van der Waals surface area contributed by atoms with Crippen LogP contribution in [0.4, 0.5) is 0 Å². The molecule has 0 amide bonds. The number of allylic oxidation sites excluding steroid dienone is 1. The number of carboxylic acid groups (broad SMARTS) is 1. The Kier molecular flexibility index (Phi) is 11.4. The molecule has 0 radical (unpaired) electrons. The van der Waals surface area contributed by atoms with Crippen molar-refractivity contribution in [1.82, 2.24) is 0 Å². The molecule has 1 heterocycles. The largest absolute Gasteiger partial charge is 0.481 e. The van der Waals surface area contributed by atoms with Gasteiger partial charge in [0.05, 0.1) is 24.4 Å². The average molecular weight is 370 g/mol. The zero-order valence-corrected chi connectivity index (χ0v) is 15.7. The lowest BCUT2D eigenvalue weighted by atomic mass is 10.0. The molecule has 1 aliphatic heterocycles. The zero-order chi connectivity index (χ0) is 19.4. The molecule has 1 fully saturated rings. The van der Waals surface area contributed by atoms with E-state index in [4.69, 9.17) is 9.84 Å². The molecule has 0 aromatic carbocycles. The van der Waals surface area contributed by atoms with Crippen LogP contribution >= 0.6 is 0 Å². The smallest absolute Gasteiger partial charge is 0.303 e. The van der Waals surface area contributed by atoms with Crippen molar-refractivity contribution in [1.29, 1.82) is 0 Å². The molecule has 0 aromatic heterocycles. The number of carbonyl (C=O) groups is 1. The Hall–Kier alpha value is -1.21. The summed E-state index contributed by atoms with van der Waals surface area (Å²) in [7, 11) is 0. The summed E-state index contributed by atoms with van der Waals surface area (Å²) in [6.45, 7) is 2.11. The van der Waals surface area contributed by atoms with Gasteiger partial charge in [-0.3, -0.25) is 4.79 Å². The Balaban J connectivity index is 2.30. The van der Waals surface area contributed by atoms with E-state index in [1.54, 1.807) is 12.2 Å². The zero-order valence-electron chi connectivity index (χ0n) is 15.7. The van der Waals surface area contributed by atoms with Gasteiger partial charge in [-0.2, -0.15) is 0 Å². The van der Waals surface area contributed by atoms with Gasteiger partial charge < -0.3 is 25.2 Å². The standard InChI is InChI=1S/C20H34O6/c1-2-3-6-9-15(21)12-13-18-17(23)14-19(26-18)16(22)10-7-4-5-8-11-20(24)25/h4,7,12-13,15-19,21-23H,2-3,5-6,8-11,14H2,1H3,(H,24,25)/b7-4-,13-12+/t15-,16-,17+,18+,19-/m1/s1. The van der Waals surface area contributed by atoms with Gasteiger partial charge >= 0.3 is 5.97 Å². The molecule has 1 saturated heterocycles.